The summed E-state index contributed by atoms with van der Waals surface area (Å²) in [6.45, 7) is 9.45. The van der Waals surface area contributed by atoms with E-state index in [9.17, 15) is 43.2 Å². The van der Waals surface area contributed by atoms with E-state index in [0.717, 1.165) is 102 Å². The van der Waals surface area contributed by atoms with Gasteiger partial charge in [0.15, 0.2) is 12.2 Å². The number of hydrogen-bond acceptors (Lipinski definition) is 15. The molecule has 0 fully saturated rings. The van der Waals surface area contributed by atoms with Crippen molar-refractivity contribution in [3.8, 4) is 0 Å². The van der Waals surface area contributed by atoms with Gasteiger partial charge >= 0.3 is 39.5 Å². The van der Waals surface area contributed by atoms with Crippen LogP contribution in [0.25, 0.3) is 0 Å². The van der Waals surface area contributed by atoms with Crippen LogP contribution in [0.2, 0.25) is 0 Å². The third-order valence-electron chi connectivity index (χ3n) is 16.5. The lowest BCUT2D eigenvalue weighted by atomic mass is 10.0. The second-order valence-electron chi connectivity index (χ2n) is 26.6. The zero-order valence-electron chi connectivity index (χ0n) is 58.4. The van der Waals surface area contributed by atoms with Gasteiger partial charge in [-0.15, -0.1) is 0 Å². The lowest BCUT2D eigenvalue weighted by molar-refractivity contribution is -0.161. The van der Waals surface area contributed by atoms with E-state index < -0.39 is 97.5 Å². The first-order valence-corrected chi connectivity index (χ1v) is 40.0. The van der Waals surface area contributed by atoms with E-state index in [0.29, 0.717) is 31.6 Å². The van der Waals surface area contributed by atoms with E-state index in [-0.39, 0.29) is 25.7 Å². The molecule has 534 valence electrons. The van der Waals surface area contributed by atoms with Gasteiger partial charge < -0.3 is 33.8 Å². The molecule has 90 heavy (non-hydrogen) atoms. The van der Waals surface area contributed by atoms with Gasteiger partial charge in [0.25, 0.3) is 0 Å². The maximum absolute atomic E-state index is 13.0. The maximum atomic E-state index is 13.0. The number of phosphoric ester groups is 2. The maximum Gasteiger partial charge on any atom is 0.472 e. The van der Waals surface area contributed by atoms with E-state index in [1.54, 1.807) is 0 Å². The minimum Gasteiger partial charge on any atom is -0.462 e. The second kappa shape index (κ2) is 63.1. The zero-order valence-corrected chi connectivity index (χ0v) is 60.2. The molecule has 0 spiro atoms. The molecule has 0 bridgehead atoms. The molecule has 0 amide bonds. The topological polar surface area (TPSA) is 237 Å². The summed E-state index contributed by atoms with van der Waals surface area (Å²) in [5.41, 5.74) is 0. The molecule has 0 aliphatic carbocycles. The first-order chi connectivity index (χ1) is 43.4. The number of ether oxygens (including phenoxy) is 4. The Morgan fingerprint density at radius 1 is 0.300 bits per heavy atom. The summed E-state index contributed by atoms with van der Waals surface area (Å²) in [5.74, 6) is -0.678. The van der Waals surface area contributed by atoms with Crippen molar-refractivity contribution in [1.29, 1.82) is 0 Å². The minimum absolute atomic E-state index is 0.102. The van der Waals surface area contributed by atoms with E-state index in [1.807, 2.05) is 0 Å². The Hall–Kier alpha value is -1.94. The van der Waals surface area contributed by atoms with Crippen LogP contribution in [-0.2, 0) is 65.4 Å². The van der Waals surface area contributed by atoms with Crippen molar-refractivity contribution in [3.05, 3.63) is 0 Å². The molecule has 0 heterocycles. The fourth-order valence-corrected chi connectivity index (χ4v) is 12.3. The first-order valence-electron chi connectivity index (χ1n) is 37.0. The van der Waals surface area contributed by atoms with Crippen LogP contribution in [0.5, 0.6) is 0 Å². The van der Waals surface area contributed by atoms with Gasteiger partial charge in [0, 0.05) is 25.7 Å². The van der Waals surface area contributed by atoms with Crippen LogP contribution in [0.15, 0.2) is 0 Å². The molecule has 0 rings (SSSR count). The summed E-state index contributed by atoms with van der Waals surface area (Å²) in [7, 11) is -9.90. The largest absolute Gasteiger partial charge is 0.472 e. The third-order valence-corrected chi connectivity index (χ3v) is 18.4. The molecule has 0 aliphatic heterocycles. The number of esters is 4. The highest BCUT2D eigenvalue weighted by molar-refractivity contribution is 7.47. The normalized spacial score (nSPS) is 14.1. The molecular weight excluding hydrogens is 1190 g/mol. The van der Waals surface area contributed by atoms with Gasteiger partial charge in [0.2, 0.25) is 0 Å². The highest BCUT2D eigenvalue weighted by Crippen LogP contribution is 2.45. The Kier molecular flexibility index (Phi) is 61.8. The van der Waals surface area contributed by atoms with Gasteiger partial charge in [0.1, 0.15) is 19.3 Å². The molecule has 3 N–H and O–H groups in total. The fraction of sp³-hybridized carbons (Fsp3) is 0.944. The van der Waals surface area contributed by atoms with Crippen molar-refractivity contribution < 1.29 is 80.2 Å². The van der Waals surface area contributed by atoms with Crippen molar-refractivity contribution in [2.45, 2.75) is 381 Å². The van der Waals surface area contributed by atoms with E-state index in [2.05, 4.69) is 41.5 Å². The Bertz CT molecular complexity index is 1750. The Morgan fingerprint density at radius 3 is 0.756 bits per heavy atom. The van der Waals surface area contributed by atoms with E-state index in [4.69, 9.17) is 37.0 Å². The molecule has 17 nitrogen and oxygen atoms in total. The van der Waals surface area contributed by atoms with Crippen molar-refractivity contribution >= 4 is 39.5 Å². The lowest BCUT2D eigenvalue weighted by Crippen LogP contribution is -2.30. The predicted molar refractivity (Wildman–Crippen MR) is 363 cm³/mol. The molecular formula is C71H138O17P2. The average Bonchev–Trinajstić information content (AvgIpc) is 3.63. The number of aliphatic hydroxyl groups is 1. The predicted octanol–water partition coefficient (Wildman–Crippen LogP) is 20.4. The number of carbonyl (C=O) groups excluding carboxylic acids is 4. The van der Waals surface area contributed by atoms with Crippen molar-refractivity contribution in [2.24, 2.45) is 11.8 Å². The number of carbonyl (C=O) groups is 4. The van der Waals surface area contributed by atoms with Crippen molar-refractivity contribution in [3.63, 3.8) is 0 Å². The van der Waals surface area contributed by atoms with Crippen LogP contribution in [0, 0.1) is 11.8 Å². The summed E-state index contributed by atoms with van der Waals surface area (Å²) in [6.07, 6.45) is 48.9. The fourth-order valence-electron chi connectivity index (χ4n) is 10.8. The smallest absolute Gasteiger partial charge is 0.462 e. The number of hydrogen-bond donors (Lipinski definition) is 3. The Labute approximate surface area is 549 Å². The number of phosphoric acid groups is 2. The second-order valence-corrected chi connectivity index (χ2v) is 29.5. The summed E-state index contributed by atoms with van der Waals surface area (Å²) in [5, 5.41) is 10.6. The highest BCUT2D eigenvalue weighted by Gasteiger charge is 2.30. The van der Waals surface area contributed by atoms with Crippen LogP contribution < -0.4 is 0 Å². The van der Waals surface area contributed by atoms with Crippen LogP contribution in [0.1, 0.15) is 363 Å². The van der Waals surface area contributed by atoms with Gasteiger partial charge in [-0.05, 0) is 37.5 Å². The van der Waals surface area contributed by atoms with Crippen LogP contribution in [-0.4, -0.2) is 96.7 Å². The molecule has 0 aromatic heterocycles. The quantitative estimate of drug-likeness (QED) is 0.0222. The highest BCUT2D eigenvalue weighted by atomic mass is 31.2. The summed E-state index contributed by atoms with van der Waals surface area (Å²) in [6, 6.07) is 0. The Balaban J connectivity index is 5.19. The summed E-state index contributed by atoms with van der Waals surface area (Å²) >= 11 is 0. The lowest BCUT2D eigenvalue weighted by Gasteiger charge is -2.21. The van der Waals surface area contributed by atoms with Gasteiger partial charge in [-0.3, -0.25) is 37.3 Å². The standard InChI is InChI=1S/C71H138O17P2/c1-7-9-11-13-15-17-18-19-20-21-22-23-24-29-32-36-43-49-55-70(75)87-66(59-82-69(74)54-48-42-35-31-28-26-25-27-30-33-39-45-51-63(3)4)61-85-89(77,78)83-57-65(72)58-84-90(79,80)86-62-67(60-81-68(73)53-47-41-34-16-14-12-10-8-2)88-71(76)56-50-44-38-37-40-46-52-64(5)6/h63-67,72H,7-62H2,1-6H3,(H,77,78)(H,79,80)/t65-,66-,67-/m1/s1. The van der Waals surface area contributed by atoms with Gasteiger partial charge in [-0.25, -0.2) is 9.13 Å². The van der Waals surface area contributed by atoms with E-state index in [1.165, 1.54) is 173 Å². The molecule has 0 saturated carbocycles. The first kappa shape index (κ1) is 88.1. The molecule has 0 aliphatic rings. The van der Waals surface area contributed by atoms with Crippen LogP contribution in [0.4, 0.5) is 0 Å². The summed E-state index contributed by atoms with van der Waals surface area (Å²) in [4.78, 5) is 72.4. The minimum atomic E-state index is -4.95. The number of aliphatic hydroxyl groups excluding tert-OH is 1. The molecule has 0 aromatic rings. The molecule has 0 saturated heterocycles. The van der Waals surface area contributed by atoms with E-state index >= 15 is 0 Å². The third kappa shape index (κ3) is 64.8. The Morgan fingerprint density at radius 2 is 0.511 bits per heavy atom. The SMILES string of the molecule is CCCCCCCCCCCCCCCCCCCCC(=O)O[C@H](COC(=O)CCCCCCCCCCCCCCC(C)C)COP(=O)(O)OC[C@@H](O)COP(=O)(O)OC[C@@H](COC(=O)CCCCCCCCCC)OC(=O)CCCCCCCCC(C)C. The van der Waals surface area contributed by atoms with Crippen molar-refractivity contribution in [2.75, 3.05) is 39.6 Å². The van der Waals surface area contributed by atoms with Gasteiger partial charge in [-0.1, -0.05) is 311 Å². The molecule has 2 unspecified atom stereocenters. The van der Waals surface area contributed by atoms with Crippen molar-refractivity contribution in [1.82, 2.24) is 0 Å². The molecule has 0 radical (unpaired) electrons. The number of rotatable bonds is 70. The average molecular weight is 1330 g/mol. The van der Waals surface area contributed by atoms with Crippen LogP contribution in [0.3, 0.4) is 0 Å². The molecule has 0 aromatic carbocycles. The number of unbranched alkanes of at least 4 members (excludes halogenated alkanes) is 40. The molecule has 19 heteroatoms. The summed E-state index contributed by atoms with van der Waals surface area (Å²) < 4.78 is 68.2. The molecule has 5 atom stereocenters. The zero-order chi connectivity index (χ0) is 66.5. The monoisotopic (exact) mass is 1320 g/mol. The van der Waals surface area contributed by atoms with Gasteiger partial charge in [-0.2, -0.15) is 0 Å². The van der Waals surface area contributed by atoms with Gasteiger partial charge in [0.05, 0.1) is 26.4 Å². The van der Waals surface area contributed by atoms with Crippen LogP contribution >= 0.6 is 15.6 Å².